The Kier molecular flexibility index (Phi) is 3.96. The van der Waals surface area contributed by atoms with Gasteiger partial charge < -0.3 is 10.2 Å². The number of hydrogen-bond donors (Lipinski definition) is 1. The first-order valence-corrected chi connectivity index (χ1v) is 5.82. The Labute approximate surface area is 89.1 Å². The third-order valence-corrected chi connectivity index (χ3v) is 3.06. The molecular weight excluding hydrogens is 172 g/mol. The van der Waals surface area contributed by atoms with Crippen LogP contribution in [0.15, 0.2) is 0 Å². The second-order valence-electron chi connectivity index (χ2n) is 5.86. The highest BCUT2D eigenvalue weighted by atomic mass is 15.1. The third kappa shape index (κ3) is 3.97. The van der Waals surface area contributed by atoms with E-state index in [2.05, 4.69) is 45.1 Å². The van der Waals surface area contributed by atoms with Crippen molar-refractivity contribution >= 4 is 0 Å². The first-order chi connectivity index (χ1) is 6.38. The molecule has 84 valence electrons. The monoisotopic (exact) mass is 198 g/mol. The van der Waals surface area contributed by atoms with Crippen molar-refractivity contribution in [3.8, 4) is 0 Å². The van der Waals surface area contributed by atoms with E-state index >= 15 is 0 Å². The molecule has 0 spiro atoms. The molecule has 0 atom stereocenters. The summed E-state index contributed by atoms with van der Waals surface area (Å²) in [5.41, 5.74) is 0.273. The molecule has 0 radical (unpaired) electrons. The standard InChI is InChI=1S/C12H26N2/c1-12(2,3)13-10-6-8-11(9-7-10)14(4)5/h10-11,13H,6-9H2,1-5H3/t10-,11+. The highest BCUT2D eigenvalue weighted by molar-refractivity contribution is 4.84. The van der Waals surface area contributed by atoms with E-state index in [0.29, 0.717) is 0 Å². The van der Waals surface area contributed by atoms with Gasteiger partial charge in [-0.3, -0.25) is 0 Å². The van der Waals surface area contributed by atoms with Crippen LogP contribution < -0.4 is 5.32 Å². The van der Waals surface area contributed by atoms with Gasteiger partial charge in [-0.05, 0) is 60.5 Å². The number of nitrogens with zero attached hydrogens (tertiary/aromatic N) is 1. The van der Waals surface area contributed by atoms with E-state index in [1.54, 1.807) is 0 Å². The topological polar surface area (TPSA) is 15.3 Å². The average molecular weight is 198 g/mol. The fourth-order valence-corrected chi connectivity index (χ4v) is 2.35. The molecule has 0 saturated heterocycles. The van der Waals surface area contributed by atoms with E-state index in [0.717, 1.165) is 12.1 Å². The fourth-order valence-electron chi connectivity index (χ4n) is 2.35. The van der Waals surface area contributed by atoms with Crippen LogP contribution in [0, 0.1) is 0 Å². The molecule has 1 aliphatic rings. The smallest absolute Gasteiger partial charge is 0.00990 e. The van der Waals surface area contributed by atoms with Gasteiger partial charge in [-0.15, -0.1) is 0 Å². The summed E-state index contributed by atoms with van der Waals surface area (Å²) in [7, 11) is 4.39. The zero-order valence-corrected chi connectivity index (χ0v) is 10.4. The Morgan fingerprint density at radius 3 is 1.86 bits per heavy atom. The van der Waals surface area contributed by atoms with Crippen molar-refractivity contribution in [1.29, 1.82) is 0 Å². The Balaban J connectivity index is 2.29. The van der Waals surface area contributed by atoms with Crippen LogP contribution in [-0.2, 0) is 0 Å². The van der Waals surface area contributed by atoms with Crippen molar-refractivity contribution in [2.75, 3.05) is 14.1 Å². The summed E-state index contributed by atoms with van der Waals surface area (Å²) in [6, 6.07) is 1.55. The molecule has 2 nitrogen and oxygen atoms in total. The fraction of sp³-hybridized carbons (Fsp3) is 1.00. The van der Waals surface area contributed by atoms with Crippen LogP contribution in [-0.4, -0.2) is 36.6 Å². The van der Waals surface area contributed by atoms with Crippen molar-refractivity contribution in [3.05, 3.63) is 0 Å². The molecule has 0 amide bonds. The van der Waals surface area contributed by atoms with E-state index in [9.17, 15) is 0 Å². The maximum absolute atomic E-state index is 3.70. The van der Waals surface area contributed by atoms with Gasteiger partial charge in [0.1, 0.15) is 0 Å². The van der Waals surface area contributed by atoms with Crippen LogP contribution in [0.2, 0.25) is 0 Å². The van der Waals surface area contributed by atoms with Crippen molar-refractivity contribution in [1.82, 2.24) is 10.2 Å². The van der Waals surface area contributed by atoms with Gasteiger partial charge >= 0.3 is 0 Å². The molecule has 1 N–H and O–H groups in total. The molecular formula is C12H26N2. The quantitative estimate of drug-likeness (QED) is 0.732. The molecule has 0 bridgehead atoms. The summed E-state index contributed by atoms with van der Waals surface area (Å²) in [5.74, 6) is 0. The van der Waals surface area contributed by atoms with Crippen LogP contribution in [0.25, 0.3) is 0 Å². The molecule has 2 heteroatoms. The predicted molar refractivity (Wildman–Crippen MR) is 62.6 cm³/mol. The van der Waals surface area contributed by atoms with E-state index in [4.69, 9.17) is 0 Å². The highest BCUT2D eigenvalue weighted by Crippen LogP contribution is 2.22. The lowest BCUT2D eigenvalue weighted by atomic mass is 9.89. The van der Waals surface area contributed by atoms with Crippen LogP contribution in [0.5, 0.6) is 0 Å². The Morgan fingerprint density at radius 2 is 1.50 bits per heavy atom. The Hall–Kier alpha value is -0.0800. The highest BCUT2D eigenvalue weighted by Gasteiger charge is 2.24. The summed E-state index contributed by atoms with van der Waals surface area (Å²) < 4.78 is 0. The largest absolute Gasteiger partial charge is 0.309 e. The summed E-state index contributed by atoms with van der Waals surface area (Å²) in [5, 5.41) is 3.70. The minimum absolute atomic E-state index is 0.273. The minimum atomic E-state index is 0.273. The van der Waals surface area contributed by atoms with E-state index in [-0.39, 0.29) is 5.54 Å². The van der Waals surface area contributed by atoms with Gasteiger partial charge in [0.2, 0.25) is 0 Å². The first kappa shape index (κ1) is 12.0. The normalized spacial score (nSPS) is 29.6. The van der Waals surface area contributed by atoms with Gasteiger partial charge in [0.25, 0.3) is 0 Å². The predicted octanol–water partition coefficient (Wildman–Crippen LogP) is 2.25. The molecule has 1 aliphatic carbocycles. The maximum Gasteiger partial charge on any atom is 0.00990 e. The summed E-state index contributed by atoms with van der Waals surface area (Å²) in [6.07, 6.45) is 5.36. The van der Waals surface area contributed by atoms with Gasteiger partial charge in [0, 0.05) is 17.6 Å². The van der Waals surface area contributed by atoms with Crippen molar-refractivity contribution in [2.24, 2.45) is 0 Å². The zero-order valence-electron chi connectivity index (χ0n) is 10.4. The summed E-state index contributed by atoms with van der Waals surface area (Å²) in [4.78, 5) is 2.37. The summed E-state index contributed by atoms with van der Waals surface area (Å²) >= 11 is 0. The van der Waals surface area contributed by atoms with Gasteiger partial charge in [-0.2, -0.15) is 0 Å². The van der Waals surface area contributed by atoms with Crippen molar-refractivity contribution in [2.45, 2.75) is 64.1 Å². The number of hydrogen-bond acceptors (Lipinski definition) is 2. The number of nitrogens with one attached hydrogen (secondary N) is 1. The van der Waals surface area contributed by atoms with Gasteiger partial charge in [0.15, 0.2) is 0 Å². The molecule has 0 aromatic carbocycles. The molecule has 0 heterocycles. The van der Waals surface area contributed by atoms with Crippen molar-refractivity contribution < 1.29 is 0 Å². The molecule has 1 saturated carbocycles. The van der Waals surface area contributed by atoms with Gasteiger partial charge in [0.05, 0.1) is 0 Å². The SMILES string of the molecule is CN(C)[C@H]1CC[C@@H](NC(C)(C)C)CC1. The molecule has 0 aromatic heterocycles. The van der Waals surface area contributed by atoms with Crippen LogP contribution in [0.1, 0.15) is 46.5 Å². The Bertz CT molecular complexity index is 162. The maximum atomic E-state index is 3.70. The van der Waals surface area contributed by atoms with Crippen LogP contribution in [0.4, 0.5) is 0 Å². The third-order valence-electron chi connectivity index (χ3n) is 3.06. The average Bonchev–Trinajstić information content (AvgIpc) is 2.02. The molecule has 1 fully saturated rings. The van der Waals surface area contributed by atoms with E-state index < -0.39 is 0 Å². The Morgan fingerprint density at radius 1 is 1.00 bits per heavy atom. The molecule has 1 rings (SSSR count). The lowest BCUT2D eigenvalue weighted by molar-refractivity contribution is 0.190. The minimum Gasteiger partial charge on any atom is -0.309 e. The second-order valence-corrected chi connectivity index (χ2v) is 5.86. The first-order valence-electron chi connectivity index (χ1n) is 5.82. The lowest BCUT2D eigenvalue weighted by Crippen LogP contribution is -2.47. The van der Waals surface area contributed by atoms with Gasteiger partial charge in [-0.25, -0.2) is 0 Å². The van der Waals surface area contributed by atoms with Crippen LogP contribution >= 0.6 is 0 Å². The number of rotatable bonds is 2. The molecule has 0 aliphatic heterocycles. The summed E-state index contributed by atoms with van der Waals surface area (Å²) in [6.45, 7) is 6.76. The van der Waals surface area contributed by atoms with E-state index in [1.807, 2.05) is 0 Å². The molecule has 0 aromatic rings. The second kappa shape index (κ2) is 4.63. The van der Waals surface area contributed by atoms with Crippen molar-refractivity contribution in [3.63, 3.8) is 0 Å². The molecule has 0 unspecified atom stereocenters. The lowest BCUT2D eigenvalue weighted by Gasteiger charge is -2.36. The van der Waals surface area contributed by atoms with Gasteiger partial charge in [-0.1, -0.05) is 0 Å². The molecule has 14 heavy (non-hydrogen) atoms. The van der Waals surface area contributed by atoms with Crippen LogP contribution in [0.3, 0.4) is 0 Å². The zero-order chi connectivity index (χ0) is 10.8. The van der Waals surface area contributed by atoms with E-state index in [1.165, 1.54) is 25.7 Å².